The lowest BCUT2D eigenvalue weighted by Gasteiger charge is -2.26. The molecular formula is C22H33FN2. The van der Waals surface area contributed by atoms with Crippen LogP contribution in [0.4, 0.5) is 4.39 Å². The van der Waals surface area contributed by atoms with Crippen molar-refractivity contribution in [1.82, 2.24) is 9.47 Å². The second kappa shape index (κ2) is 8.84. The van der Waals surface area contributed by atoms with Crippen LogP contribution in [0.5, 0.6) is 0 Å². The van der Waals surface area contributed by atoms with E-state index in [-0.39, 0.29) is 5.82 Å². The van der Waals surface area contributed by atoms with Crippen molar-refractivity contribution in [2.24, 2.45) is 0 Å². The maximum absolute atomic E-state index is 13.7. The molecule has 0 radical (unpaired) electrons. The summed E-state index contributed by atoms with van der Waals surface area (Å²) in [6, 6.07) is 5.30. The van der Waals surface area contributed by atoms with Gasteiger partial charge in [-0.15, -0.1) is 0 Å². The molecule has 1 saturated heterocycles. The van der Waals surface area contributed by atoms with Gasteiger partial charge in [-0.1, -0.05) is 26.7 Å². The van der Waals surface area contributed by atoms with E-state index in [1.54, 1.807) is 12.1 Å². The Hall–Kier alpha value is -1.35. The van der Waals surface area contributed by atoms with E-state index in [0.29, 0.717) is 0 Å². The van der Waals surface area contributed by atoms with E-state index in [9.17, 15) is 4.39 Å². The number of likely N-dealkylation sites (tertiary alicyclic amines) is 1. The highest BCUT2D eigenvalue weighted by Gasteiger charge is 2.15. The van der Waals surface area contributed by atoms with Gasteiger partial charge >= 0.3 is 0 Å². The van der Waals surface area contributed by atoms with Gasteiger partial charge in [0.25, 0.3) is 0 Å². The molecule has 3 heteroatoms. The largest absolute Gasteiger partial charge is 0.344 e. The molecular weight excluding hydrogens is 311 g/mol. The minimum atomic E-state index is -0.122. The van der Waals surface area contributed by atoms with Gasteiger partial charge < -0.3 is 9.47 Å². The lowest BCUT2D eigenvalue weighted by atomic mass is 10.1. The molecule has 1 fully saturated rings. The van der Waals surface area contributed by atoms with Crippen LogP contribution in [0.1, 0.15) is 63.6 Å². The van der Waals surface area contributed by atoms with Gasteiger partial charge in [0.1, 0.15) is 5.82 Å². The highest BCUT2D eigenvalue weighted by atomic mass is 19.1. The summed E-state index contributed by atoms with van der Waals surface area (Å²) in [7, 11) is 0. The molecule has 0 unspecified atom stereocenters. The van der Waals surface area contributed by atoms with Crippen LogP contribution in [0.25, 0.3) is 10.9 Å². The van der Waals surface area contributed by atoms with E-state index in [4.69, 9.17) is 0 Å². The van der Waals surface area contributed by atoms with E-state index in [1.807, 2.05) is 6.07 Å². The molecule has 1 aromatic carbocycles. The standard InChI is InChI=1S/C22H33FN2/c1-3-19-20-17-18(23)11-12-22(20)25(21(19)4-2)16-10-6-9-15-24-13-7-5-8-14-24/h11-12,17H,3-10,13-16H2,1-2H3. The van der Waals surface area contributed by atoms with Crippen LogP contribution in [0.2, 0.25) is 0 Å². The van der Waals surface area contributed by atoms with Gasteiger partial charge in [-0.05, 0) is 81.9 Å². The van der Waals surface area contributed by atoms with Gasteiger partial charge in [0.05, 0.1) is 0 Å². The summed E-state index contributed by atoms with van der Waals surface area (Å²) < 4.78 is 16.2. The lowest BCUT2D eigenvalue weighted by Crippen LogP contribution is -2.30. The predicted octanol–water partition coefficient (Wildman–Crippen LogP) is 5.56. The zero-order valence-corrected chi connectivity index (χ0v) is 16.0. The quantitative estimate of drug-likeness (QED) is 0.569. The molecule has 0 aliphatic carbocycles. The molecule has 2 aromatic rings. The lowest BCUT2D eigenvalue weighted by molar-refractivity contribution is 0.224. The number of halogens is 1. The normalized spacial score (nSPS) is 16.0. The monoisotopic (exact) mass is 344 g/mol. The molecule has 0 spiro atoms. The molecule has 1 aromatic heterocycles. The van der Waals surface area contributed by atoms with Crippen molar-refractivity contribution in [2.45, 2.75) is 71.8 Å². The molecule has 0 amide bonds. The second-order valence-corrected chi connectivity index (χ2v) is 7.41. The Morgan fingerprint density at radius 2 is 1.68 bits per heavy atom. The Morgan fingerprint density at radius 3 is 2.40 bits per heavy atom. The molecule has 0 atom stereocenters. The Kier molecular flexibility index (Phi) is 6.52. The molecule has 3 rings (SSSR count). The van der Waals surface area contributed by atoms with E-state index < -0.39 is 0 Å². The van der Waals surface area contributed by atoms with Crippen molar-refractivity contribution >= 4 is 10.9 Å². The van der Waals surface area contributed by atoms with Crippen LogP contribution in [-0.4, -0.2) is 29.1 Å². The fourth-order valence-corrected chi connectivity index (χ4v) is 4.47. The zero-order valence-electron chi connectivity index (χ0n) is 16.0. The highest BCUT2D eigenvalue weighted by Crippen LogP contribution is 2.28. The smallest absolute Gasteiger partial charge is 0.123 e. The van der Waals surface area contributed by atoms with Gasteiger partial charge in [-0.25, -0.2) is 4.39 Å². The van der Waals surface area contributed by atoms with Gasteiger partial charge in [0.15, 0.2) is 0 Å². The van der Waals surface area contributed by atoms with E-state index in [0.717, 1.165) is 24.8 Å². The number of aromatic nitrogens is 1. The van der Waals surface area contributed by atoms with Crippen molar-refractivity contribution in [2.75, 3.05) is 19.6 Å². The first kappa shape index (κ1) is 18.4. The number of nitrogens with zero attached hydrogens (tertiary/aromatic N) is 2. The molecule has 0 bridgehead atoms. The Labute approximate surface area is 152 Å². The average Bonchev–Trinajstić information content (AvgIpc) is 2.94. The van der Waals surface area contributed by atoms with Gasteiger partial charge in [-0.3, -0.25) is 0 Å². The minimum absolute atomic E-state index is 0.122. The zero-order chi connectivity index (χ0) is 17.6. The topological polar surface area (TPSA) is 8.17 Å². The number of piperidine rings is 1. The van der Waals surface area contributed by atoms with Crippen LogP contribution >= 0.6 is 0 Å². The Morgan fingerprint density at radius 1 is 0.920 bits per heavy atom. The highest BCUT2D eigenvalue weighted by molar-refractivity contribution is 5.85. The first-order valence-electron chi connectivity index (χ1n) is 10.3. The number of hydrogen-bond donors (Lipinski definition) is 0. The third-order valence-electron chi connectivity index (χ3n) is 5.74. The molecule has 0 saturated carbocycles. The number of unbranched alkanes of at least 4 members (excludes halogenated alkanes) is 2. The summed E-state index contributed by atoms with van der Waals surface area (Å²) in [5, 5.41) is 1.12. The van der Waals surface area contributed by atoms with Crippen LogP contribution < -0.4 is 0 Å². The number of rotatable bonds is 8. The Bertz CT molecular complexity index is 683. The summed E-state index contributed by atoms with van der Waals surface area (Å²) >= 11 is 0. The molecule has 1 aliphatic rings. The van der Waals surface area contributed by atoms with Crippen LogP contribution in [-0.2, 0) is 19.4 Å². The summed E-state index contributed by atoms with van der Waals surface area (Å²) in [5.41, 5.74) is 3.95. The second-order valence-electron chi connectivity index (χ2n) is 7.41. The Balaban J connectivity index is 1.62. The van der Waals surface area contributed by atoms with Gasteiger partial charge in [0.2, 0.25) is 0 Å². The van der Waals surface area contributed by atoms with Crippen molar-refractivity contribution in [3.8, 4) is 0 Å². The maximum Gasteiger partial charge on any atom is 0.123 e. The fourth-order valence-electron chi connectivity index (χ4n) is 4.47. The summed E-state index contributed by atoms with van der Waals surface area (Å²) in [6.45, 7) is 9.32. The number of hydrogen-bond acceptors (Lipinski definition) is 1. The van der Waals surface area contributed by atoms with Crippen LogP contribution in [0.15, 0.2) is 18.2 Å². The third-order valence-corrected chi connectivity index (χ3v) is 5.74. The van der Waals surface area contributed by atoms with E-state index in [1.165, 1.54) is 74.9 Å². The molecule has 138 valence electrons. The van der Waals surface area contributed by atoms with Crippen LogP contribution in [0, 0.1) is 5.82 Å². The van der Waals surface area contributed by atoms with Crippen molar-refractivity contribution < 1.29 is 4.39 Å². The maximum atomic E-state index is 13.7. The molecule has 2 heterocycles. The summed E-state index contributed by atoms with van der Waals surface area (Å²) in [6.07, 6.45) is 9.97. The molecule has 2 nitrogen and oxygen atoms in total. The summed E-state index contributed by atoms with van der Waals surface area (Å²) in [5.74, 6) is -0.122. The average molecular weight is 345 g/mol. The van der Waals surface area contributed by atoms with Crippen molar-refractivity contribution in [3.05, 3.63) is 35.3 Å². The van der Waals surface area contributed by atoms with Crippen LogP contribution in [0.3, 0.4) is 0 Å². The number of fused-ring (bicyclic) bond motifs is 1. The molecule has 1 aliphatic heterocycles. The van der Waals surface area contributed by atoms with E-state index in [2.05, 4.69) is 23.3 Å². The minimum Gasteiger partial charge on any atom is -0.344 e. The van der Waals surface area contributed by atoms with Crippen molar-refractivity contribution in [1.29, 1.82) is 0 Å². The third kappa shape index (κ3) is 4.25. The first-order valence-corrected chi connectivity index (χ1v) is 10.3. The molecule has 25 heavy (non-hydrogen) atoms. The van der Waals surface area contributed by atoms with Gasteiger partial charge in [-0.2, -0.15) is 0 Å². The summed E-state index contributed by atoms with van der Waals surface area (Å²) in [4.78, 5) is 2.63. The number of benzene rings is 1. The number of aryl methyl sites for hydroxylation is 2. The SMILES string of the molecule is CCc1c(CC)n(CCCCCN2CCCCC2)c2ccc(F)cc12. The first-order chi connectivity index (χ1) is 12.2. The van der Waals surface area contributed by atoms with Crippen molar-refractivity contribution in [3.63, 3.8) is 0 Å². The van der Waals surface area contributed by atoms with Gasteiger partial charge in [0, 0.05) is 23.1 Å². The fraction of sp³-hybridized carbons (Fsp3) is 0.636. The predicted molar refractivity (Wildman–Crippen MR) is 105 cm³/mol. The molecule has 0 N–H and O–H groups in total. The van der Waals surface area contributed by atoms with E-state index >= 15 is 0 Å².